The predicted octanol–water partition coefficient (Wildman–Crippen LogP) is 0.428. The minimum Gasteiger partial charge on any atom is -0.355 e. The molecule has 15 heavy (non-hydrogen) atoms. The molecule has 0 aromatic carbocycles. The van der Waals surface area contributed by atoms with E-state index < -0.39 is 0 Å². The van der Waals surface area contributed by atoms with Gasteiger partial charge in [0.2, 0.25) is 5.91 Å². The average molecular weight is 215 g/mol. The van der Waals surface area contributed by atoms with E-state index in [1.807, 2.05) is 20.9 Å². The van der Waals surface area contributed by atoms with Crippen molar-refractivity contribution in [3.63, 3.8) is 0 Å². The SMILES string of the molecule is CCN(C)CCNC(=O)CC(N)C(C)C. The first-order chi connectivity index (χ1) is 6.97. The van der Waals surface area contributed by atoms with Crippen LogP contribution >= 0.6 is 0 Å². The average Bonchev–Trinajstić information content (AvgIpc) is 2.17. The fourth-order valence-electron chi connectivity index (χ4n) is 1.07. The maximum absolute atomic E-state index is 11.4. The van der Waals surface area contributed by atoms with Crippen LogP contribution < -0.4 is 11.1 Å². The maximum atomic E-state index is 11.4. The molecule has 4 heteroatoms. The Morgan fingerprint density at radius 1 is 1.47 bits per heavy atom. The van der Waals surface area contributed by atoms with Gasteiger partial charge in [-0.1, -0.05) is 20.8 Å². The van der Waals surface area contributed by atoms with Crippen LogP contribution in [0.4, 0.5) is 0 Å². The standard InChI is InChI=1S/C11H25N3O/c1-5-14(4)7-6-13-11(15)8-10(12)9(2)3/h9-10H,5-8,12H2,1-4H3,(H,13,15). The zero-order valence-corrected chi connectivity index (χ0v) is 10.4. The van der Waals surface area contributed by atoms with E-state index in [1.54, 1.807) is 0 Å². The van der Waals surface area contributed by atoms with E-state index in [0.29, 0.717) is 18.9 Å². The zero-order valence-electron chi connectivity index (χ0n) is 10.4. The topological polar surface area (TPSA) is 58.4 Å². The van der Waals surface area contributed by atoms with Crippen molar-refractivity contribution in [1.29, 1.82) is 0 Å². The third-order valence-electron chi connectivity index (χ3n) is 2.63. The monoisotopic (exact) mass is 215 g/mol. The second kappa shape index (κ2) is 7.65. The van der Waals surface area contributed by atoms with E-state index in [9.17, 15) is 4.79 Å². The van der Waals surface area contributed by atoms with Crippen LogP contribution in [0.15, 0.2) is 0 Å². The van der Waals surface area contributed by atoms with Gasteiger partial charge in [-0.2, -0.15) is 0 Å². The van der Waals surface area contributed by atoms with Crippen molar-refractivity contribution in [3.05, 3.63) is 0 Å². The summed E-state index contributed by atoms with van der Waals surface area (Å²) < 4.78 is 0. The first-order valence-electron chi connectivity index (χ1n) is 5.68. The number of carbonyl (C=O) groups excluding carboxylic acids is 1. The van der Waals surface area contributed by atoms with E-state index in [-0.39, 0.29) is 11.9 Å². The normalized spacial score (nSPS) is 13.3. The number of hydrogen-bond donors (Lipinski definition) is 2. The van der Waals surface area contributed by atoms with Gasteiger partial charge in [0, 0.05) is 25.6 Å². The van der Waals surface area contributed by atoms with Crippen LogP contribution in [0.2, 0.25) is 0 Å². The molecule has 3 N–H and O–H groups in total. The lowest BCUT2D eigenvalue weighted by Gasteiger charge is -2.17. The summed E-state index contributed by atoms with van der Waals surface area (Å²) >= 11 is 0. The fourth-order valence-corrected chi connectivity index (χ4v) is 1.07. The van der Waals surface area contributed by atoms with E-state index in [0.717, 1.165) is 13.1 Å². The zero-order chi connectivity index (χ0) is 11.8. The molecule has 0 heterocycles. The molecule has 1 amide bonds. The molecule has 4 nitrogen and oxygen atoms in total. The van der Waals surface area contributed by atoms with Crippen molar-refractivity contribution in [2.45, 2.75) is 33.2 Å². The summed E-state index contributed by atoms with van der Waals surface area (Å²) in [5, 5.41) is 2.87. The third-order valence-corrected chi connectivity index (χ3v) is 2.63. The molecular weight excluding hydrogens is 190 g/mol. The molecule has 1 atom stereocenters. The van der Waals surface area contributed by atoms with E-state index in [2.05, 4.69) is 17.1 Å². The Morgan fingerprint density at radius 3 is 2.53 bits per heavy atom. The van der Waals surface area contributed by atoms with Crippen LogP contribution in [0.5, 0.6) is 0 Å². The number of likely N-dealkylation sites (N-methyl/N-ethyl adjacent to an activating group) is 1. The van der Waals surface area contributed by atoms with Crippen molar-refractivity contribution in [1.82, 2.24) is 10.2 Å². The van der Waals surface area contributed by atoms with Crippen molar-refractivity contribution >= 4 is 5.91 Å². The molecule has 0 saturated carbocycles. The summed E-state index contributed by atoms with van der Waals surface area (Å²) in [6.07, 6.45) is 0.424. The Balaban J connectivity index is 3.58. The van der Waals surface area contributed by atoms with Gasteiger partial charge in [0.15, 0.2) is 0 Å². The largest absolute Gasteiger partial charge is 0.355 e. The van der Waals surface area contributed by atoms with Crippen LogP contribution in [-0.4, -0.2) is 43.5 Å². The number of rotatable bonds is 7. The van der Waals surface area contributed by atoms with Crippen molar-refractivity contribution in [3.8, 4) is 0 Å². The summed E-state index contributed by atoms with van der Waals surface area (Å²) in [6.45, 7) is 8.75. The molecule has 0 aromatic rings. The second-order valence-electron chi connectivity index (χ2n) is 4.36. The summed E-state index contributed by atoms with van der Waals surface area (Å²) in [5.74, 6) is 0.412. The number of carbonyl (C=O) groups is 1. The molecule has 0 aliphatic heterocycles. The maximum Gasteiger partial charge on any atom is 0.221 e. The minimum absolute atomic E-state index is 0.0334. The van der Waals surface area contributed by atoms with Gasteiger partial charge in [-0.15, -0.1) is 0 Å². The molecule has 0 aliphatic carbocycles. The lowest BCUT2D eigenvalue weighted by Crippen LogP contribution is -2.37. The van der Waals surface area contributed by atoms with Gasteiger partial charge in [-0.3, -0.25) is 4.79 Å². The smallest absolute Gasteiger partial charge is 0.221 e. The first-order valence-corrected chi connectivity index (χ1v) is 5.68. The second-order valence-corrected chi connectivity index (χ2v) is 4.36. The highest BCUT2D eigenvalue weighted by molar-refractivity contribution is 5.76. The molecule has 0 bridgehead atoms. The van der Waals surface area contributed by atoms with Crippen molar-refractivity contribution in [2.24, 2.45) is 11.7 Å². The molecule has 0 spiro atoms. The molecule has 0 aliphatic rings. The molecular formula is C11H25N3O. The van der Waals surface area contributed by atoms with Gasteiger partial charge >= 0.3 is 0 Å². The third kappa shape index (κ3) is 7.33. The lowest BCUT2D eigenvalue weighted by atomic mass is 10.0. The van der Waals surface area contributed by atoms with Gasteiger partial charge < -0.3 is 16.0 Å². The van der Waals surface area contributed by atoms with Crippen LogP contribution in [0, 0.1) is 5.92 Å². The quantitative estimate of drug-likeness (QED) is 0.647. The molecule has 1 unspecified atom stereocenters. The summed E-state index contributed by atoms with van der Waals surface area (Å²) in [6, 6.07) is -0.0334. The Hall–Kier alpha value is -0.610. The number of hydrogen-bond acceptors (Lipinski definition) is 3. The van der Waals surface area contributed by atoms with Gasteiger partial charge in [-0.05, 0) is 19.5 Å². The Morgan fingerprint density at radius 2 is 2.07 bits per heavy atom. The molecule has 0 fully saturated rings. The fraction of sp³-hybridized carbons (Fsp3) is 0.909. The van der Waals surface area contributed by atoms with Crippen molar-refractivity contribution < 1.29 is 4.79 Å². The Bertz CT molecular complexity index is 183. The molecule has 0 saturated heterocycles. The van der Waals surface area contributed by atoms with Gasteiger partial charge in [0.05, 0.1) is 0 Å². The highest BCUT2D eigenvalue weighted by atomic mass is 16.1. The van der Waals surface area contributed by atoms with Gasteiger partial charge in [0.25, 0.3) is 0 Å². The molecule has 0 rings (SSSR count). The predicted molar refractivity (Wildman–Crippen MR) is 63.6 cm³/mol. The number of nitrogens with two attached hydrogens (primary N) is 1. The van der Waals surface area contributed by atoms with E-state index in [1.165, 1.54) is 0 Å². The minimum atomic E-state index is -0.0334. The molecule has 90 valence electrons. The van der Waals surface area contributed by atoms with Crippen LogP contribution in [0.3, 0.4) is 0 Å². The molecule has 0 radical (unpaired) electrons. The van der Waals surface area contributed by atoms with Gasteiger partial charge in [-0.25, -0.2) is 0 Å². The van der Waals surface area contributed by atoms with Crippen LogP contribution in [0.1, 0.15) is 27.2 Å². The van der Waals surface area contributed by atoms with Crippen molar-refractivity contribution in [2.75, 3.05) is 26.7 Å². The highest BCUT2D eigenvalue weighted by Gasteiger charge is 2.12. The lowest BCUT2D eigenvalue weighted by molar-refractivity contribution is -0.121. The summed E-state index contributed by atoms with van der Waals surface area (Å²) in [5.41, 5.74) is 5.80. The highest BCUT2D eigenvalue weighted by Crippen LogP contribution is 2.01. The van der Waals surface area contributed by atoms with Crippen LogP contribution in [0.25, 0.3) is 0 Å². The van der Waals surface area contributed by atoms with E-state index in [4.69, 9.17) is 5.73 Å². The summed E-state index contributed by atoms with van der Waals surface area (Å²) in [4.78, 5) is 13.6. The van der Waals surface area contributed by atoms with Gasteiger partial charge in [0.1, 0.15) is 0 Å². The van der Waals surface area contributed by atoms with E-state index >= 15 is 0 Å². The summed E-state index contributed by atoms with van der Waals surface area (Å²) in [7, 11) is 2.03. The Kier molecular flexibility index (Phi) is 7.34. The molecule has 0 aromatic heterocycles. The first kappa shape index (κ1) is 14.4. The van der Waals surface area contributed by atoms with Crippen LogP contribution in [-0.2, 0) is 4.79 Å². The number of nitrogens with zero attached hydrogens (tertiary/aromatic N) is 1. The number of amides is 1. The Labute approximate surface area is 93.2 Å². The number of nitrogens with one attached hydrogen (secondary N) is 1.